The molecule has 0 spiro atoms. The maximum atomic E-state index is 11.4. The maximum Gasteiger partial charge on any atom is 0.188 e. The summed E-state index contributed by atoms with van der Waals surface area (Å²) >= 11 is 0. The molecule has 1 unspecified atom stereocenters. The Morgan fingerprint density at radius 1 is 1.25 bits per heavy atom. The molecule has 0 aromatic heterocycles. The summed E-state index contributed by atoms with van der Waals surface area (Å²) in [6.45, 7) is 5.15. The normalized spacial score (nSPS) is 19.7. The van der Waals surface area contributed by atoms with Gasteiger partial charge in [0.2, 0.25) is 0 Å². The third-order valence-electron chi connectivity index (χ3n) is 2.05. The number of ether oxygens (including phenoxy) is 3. The molecule has 0 N–H and O–H groups in total. The largest absolute Gasteiger partial charge is 0.361 e. The van der Waals surface area contributed by atoms with E-state index in [4.69, 9.17) is 14.2 Å². The van der Waals surface area contributed by atoms with Crippen LogP contribution in [-0.2, 0) is 19.0 Å². The first kappa shape index (κ1) is 13.1. The molecular weight excluding hydrogens is 208 g/mol. The molecule has 4 heteroatoms. The molecule has 4 nitrogen and oxygen atoms in total. The summed E-state index contributed by atoms with van der Waals surface area (Å²) in [5.74, 6) is -0.0470. The van der Waals surface area contributed by atoms with Crippen molar-refractivity contribution in [1.82, 2.24) is 0 Å². The van der Waals surface area contributed by atoms with Crippen LogP contribution in [0.3, 0.4) is 0 Å². The Labute approximate surface area is 95.9 Å². The third kappa shape index (κ3) is 4.26. The molecule has 0 heterocycles. The molecule has 0 saturated carbocycles. The van der Waals surface area contributed by atoms with Gasteiger partial charge in [0.05, 0.1) is 6.61 Å². The molecule has 90 valence electrons. The minimum absolute atomic E-state index is 0.0470. The Hall–Kier alpha value is -0.970. The van der Waals surface area contributed by atoms with E-state index in [-0.39, 0.29) is 12.4 Å². The summed E-state index contributed by atoms with van der Waals surface area (Å²) in [5.41, 5.74) is 0. The average molecular weight is 226 g/mol. The smallest absolute Gasteiger partial charge is 0.188 e. The first-order valence-electron chi connectivity index (χ1n) is 5.51. The zero-order valence-corrected chi connectivity index (χ0v) is 9.72. The lowest BCUT2D eigenvalue weighted by molar-refractivity contribution is -0.174. The van der Waals surface area contributed by atoms with Crippen LogP contribution in [0.1, 0.15) is 13.8 Å². The molecule has 0 fully saturated rings. The van der Waals surface area contributed by atoms with Gasteiger partial charge in [0.15, 0.2) is 12.1 Å². The first-order chi connectivity index (χ1) is 7.77. The molecule has 0 aromatic carbocycles. The monoisotopic (exact) mass is 226 g/mol. The average Bonchev–Trinajstić information content (AvgIpc) is 2.28. The summed E-state index contributed by atoms with van der Waals surface area (Å²) in [6.07, 6.45) is 5.81. The molecule has 1 aliphatic rings. The lowest BCUT2D eigenvalue weighted by Gasteiger charge is -2.19. The Balaban J connectivity index is 2.33. The van der Waals surface area contributed by atoms with Crippen molar-refractivity contribution in [2.75, 3.05) is 19.8 Å². The van der Waals surface area contributed by atoms with Gasteiger partial charge in [0.1, 0.15) is 6.10 Å². The highest BCUT2D eigenvalue weighted by molar-refractivity contribution is 5.96. The molecule has 0 saturated heterocycles. The summed E-state index contributed by atoms with van der Waals surface area (Å²) in [4.78, 5) is 11.4. The molecule has 0 bridgehead atoms. The van der Waals surface area contributed by atoms with Gasteiger partial charge < -0.3 is 14.2 Å². The van der Waals surface area contributed by atoms with Crippen molar-refractivity contribution in [2.45, 2.75) is 26.2 Å². The van der Waals surface area contributed by atoms with Gasteiger partial charge in [-0.05, 0) is 26.0 Å². The predicted molar refractivity (Wildman–Crippen MR) is 60.1 cm³/mol. The van der Waals surface area contributed by atoms with Crippen LogP contribution in [-0.4, -0.2) is 38.0 Å². The van der Waals surface area contributed by atoms with Crippen LogP contribution < -0.4 is 0 Å². The number of hydrogen-bond donors (Lipinski definition) is 0. The number of allylic oxidation sites excluding steroid dienone is 2. The molecule has 1 aliphatic carbocycles. The SMILES string of the molecule is CCOC(COC1C=CC=CC1=O)OCC. The second-order valence-corrected chi connectivity index (χ2v) is 3.24. The van der Waals surface area contributed by atoms with E-state index in [1.54, 1.807) is 18.2 Å². The van der Waals surface area contributed by atoms with Crippen LogP contribution in [0.5, 0.6) is 0 Å². The summed E-state index contributed by atoms with van der Waals surface area (Å²) < 4.78 is 16.0. The van der Waals surface area contributed by atoms with Crippen molar-refractivity contribution >= 4 is 5.78 Å². The molecule has 0 aliphatic heterocycles. The Morgan fingerprint density at radius 2 is 1.94 bits per heavy atom. The standard InChI is InChI=1S/C12H18O4/c1-3-14-12(15-4-2)9-16-11-8-6-5-7-10(11)13/h5-8,11-12H,3-4,9H2,1-2H3. The van der Waals surface area contributed by atoms with Gasteiger partial charge in [0, 0.05) is 13.2 Å². The van der Waals surface area contributed by atoms with Crippen molar-refractivity contribution in [3.8, 4) is 0 Å². The Kier molecular flexibility index (Phi) is 6.00. The number of ketones is 1. The van der Waals surface area contributed by atoms with E-state index in [2.05, 4.69) is 0 Å². The minimum Gasteiger partial charge on any atom is -0.361 e. The lowest BCUT2D eigenvalue weighted by atomic mass is 10.1. The van der Waals surface area contributed by atoms with Crippen LogP contribution >= 0.6 is 0 Å². The molecule has 1 atom stereocenters. The molecule has 1 rings (SSSR count). The lowest BCUT2D eigenvalue weighted by Crippen LogP contribution is -2.30. The fourth-order valence-corrected chi connectivity index (χ4v) is 1.34. The quantitative estimate of drug-likeness (QED) is 0.617. The van der Waals surface area contributed by atoms with Crippen molar-refractivity contribution < 1.29 is 19.0 Å². The van der Waals surface area contributed by atoms with Crippen molar-refractivity contribution in [2.24, 2.45) is 0 Å². The highest BCUT2D eigenvalue weighted by atomic mass is 16.7. The topological polar surface area (TPSA) is 44.8 Å². The van der Waals surface area contributed by atoms with E-state index in [0.29, 0.717) is 13.2 Å². The van der Waals surface area contributed by atoms with Gasteiger partial charge in [-0.3, -0.25) is 4.79 Å². The Morgan fingerprint density at radius 3 is 2.50 bits per heavy atom. The van der Waals surface area contributed by atoms with Crippen LogP contribution in [0.2, 0.25) is 0 Å². The highest BCUT2D eigenvalue weighted by Crippen LogP contribution is 2.06. The Bertz CT molecular complexity index is 264. The van der Waals surface area contributed by atoms with E-state index >= 15 is 0 Å². The summed E-state index contributed by atoms with van der Waals surface area (Å²) in [5, 5.41) is 0. The zero-order chi connectivity index (χ0) is 11.8. The van der Waals surface area contributed by atoms with Gasteiger partial charge in [0.25, 0.3) is 0 Å². The van der Waals surface area contributed by atoms with Crippen LogP contribution in [0.4, 0.5) is 0 Å². The van der Waals surface area contributed by atoms with E-state index in [1.807, 2.05) is 13.8 Å². The van der Waals surface area contributed by atoms with Gasteiger partial charge in [-0.25, -0.2) is 0 Å². The predicted octanol–water partition coefficient (Wildman–Crippen LogP) is 1.47. The second kappa shape index (κ2) is 7.33. The maximum absolute atomic E-state index is 11.4. The van der Waals surface area contributed by atoms with Crippen LogP contribution in [0.15, 0.2) is 24.3 Å². The van der Waals surface area contributed by atoms with Gasteiger partial charge in [-0.1, -0.05) is 12.2 Å². The van der Waals surface area contributed by atoms with Crippen molar-refractivity contribution in [1.29, 1.82) is 0 Å². The van der Waals surface area contributed by atoms with Gasteiger partial charge in [-0.2, -0.15) is 0 Å². The van der Waals surface area contributed by atoms with Crippen molar-refractivity contribution in [3.05, 3.63) is 24.3 Å². The van der Waals surface area contributed by atoms with E-state index in [9.17, 15) is 4.79 Å². The van der Waals surface area contributed by atoms with Crippen LogP contribution in [0, 0.1) is 0 Å². The molecule has 0 aromatic rings. The van der Waals surface area contributed by atoms with Crippen LogP contribution in [0.25, 0.3) is 0 Å². The van der Waals surface area contributed by atoms with Crippen molar-refractivity contribution in [3.63, 3.8) is 0 Å². The molecule has 0 amide bonds. The van der Waals surface area contributed by atoms with E-state index < -0.39 is 12.4 Å². The zero-order valence-electron chi connectivity index (χ0n) is 9.72. The molecule has 0 radical (unpaired) electrons. The highest BCUT2D eigenvalue weighted by Gasteiger charge is 2.18. The number of carbonyl (C=O) groups excluding carboxylic acids is 1. The van der Waals surface area contributed by atoms with Gasteiger partial charge in [-0.15, -0.1) is 0 Å². The number of hydrogen-bond acceptors (Lipinski definition) is 4. The third-order valence-corrected chi connectivity index (χ3v) is 2.05. The van der Waals surface area contributed by atoms with E-state index in [1.165, 1.54) is 6.08 Å². The molecular formula is C12H18O4. The minimum atomic E-state index is -0.506. The first-order valence-corrected chi connectivity index (χ1v) is 5.51. The summed E-state index contributed by atoms with van der Waals surface area (Å²) in [6, 6.07) is 0. The molecule has 16 heavy (non-hydrogen) atoms. The second-order valence-electron chi connectivity index (χ2n) is 3.24. The number of carbonyl (C=O) groups is 1. The van der Waals surface area contributed by atoms with E-state index in [0.717, 1.165) is 0 Å². The fraction of sp³-hybridized carbons (Fsp3) is 0.583. The van der Waals surface area contributed by atoms with Gasteiger partial charge >= 0.3 is 0 Å². The fourth-order valence-electron chi connectivity index (χ4n) is 1.34. The summed E-state index contributed by atoms with van der Waals surface area (Å²) in [7, 11) is 0. The number of rotatable bonds is 7.